The molecule has 0 heterocycles. The Kier molecular flexibility index (Phi) is 4.96. The zero-order valence-corrected chi connectivity index (χ0v) is 10.8. The number of thioether (sulfide) groups is 1. The molecule has 0 aromatic heterocycles. The fraction of sp³-hybridized carbons (Fsp3) is 0.417. The van der Waals surface area contributed by atoms with Gasteiger partial charge in [-0.1, -0.05) is 6.92 Å². The lowest BCUT2D eigenvalue weighted by Crippen LogP contribution is -2.55. The van der Waals surface area contributed by atoms with Crippen LogP contribution in [-0.2, 0) is 4.79 Å². The zero-order valence-electron chi connectivity index (χ0n) is 10.00. The number of halogens is 1. The Bertz CT molecular complexity index is 383. The van der Waals surface area contributed by atoms with Gasteiger partial charge >= 0.3 is 0 Å². The number of likely N-dealkylation sites (N-methyl/N-ethyl adjacent to an activating group) is 1. The summed E-state index contributed by atoms with van der Waals surface area (Å²) in [6, 6.07) is 6.18. The molecule has 0 saturated heterocycles. The van der Waals surface area contributed by atoms with Gasteiger partial charge in [0.2, 0.25) is 5.91 Å². The molecule has 0 aliphatic carbocycles. The van der Waals surface area contributed by atoms with Crippen LogP contribution in [0.1, 0.15) is 13.8 Å². The van der Waals surface area contributed by atoms with Gasteiger partial charge in [0.05, 0.1) is 0 Å². The molecule has 1 amide bonds. The number of benzene rings is 1. The van der Waals surface area contributed by atoms with Crippen molar-refractivity contribution in [2.24, 2.45) is 5.73 Å². The van der Waals surface area contributed by atoms with Crippen molar-refractivity contribution in [2.75, 3.05) is 12.3 Å². The van der Waals surface area contributed by atoms with Gasteiger partial charge in [-0.05, 0) is 37.7 Å². The minimum atomic E-state index is -0.742. The van der Waals surface area contributed by atoms with Crippen LogP contribution >= 0.6 is 11.8 Å². The monoisotopic (exact) mass is 256 g/mol. The normalized spacial score (nSPS) is 14.3. The summed E-state index contributed by atoms with van der Waals surface area (Å²) in [7, 11) is 0. The summed E-state index contributed by atoms with van der Waals surface area (Å²) in [4.78, 5) is 12.3. The predicted octanol–water partition coefficient (Wildman–Crippen LogP) is 1.77. The number of amides is 1. The molecular formula is C12H17FN2OS. The molecule has 5 heteroatoms. The third kappa shape index (κ3) is 4.02. The fourth-order valence-electron chi connectivity index (χ4n) is 1.36. The Morgan fingerprint density at radius 1 is 1.47 bits per heavy atom. The maximum atomic E-state index is 12.7. The number of rotatable bonds is 6. The number of primary amides is 1. The molecule has 0 spiro atoms. The van der Waals surface area contributed by atoms with Crippen LogP contribution in [0.3, 0.4) is 0 Å². The van der Waals surface area contributed by atoms with Crippen molar-refractivity contribution in [2.45, 2.75) is 24.3 Å². The first kappa shape index (κ1) is 14.0. The van der Waals surface area contributed by atoms with Gasteiger partial charge in [-0.2, -0.15) is 0 Å². The van der Waals surface area contributed by atoms with Crippen molar-refractivity contribution in [3.63, 3.8) is 0 Å². The number of nitrogens with two attached hydrogens (primary N) is 1. The summed E-state index contributed by atoms with van der Waals surface area (Å²) >= 11 is 1.47. The minimum Gasteiger partial charge on any atom is -0.368 e. The largest absolute Gasteiger partial charge is 0.368 e. The highest BCUT2D eigenvalue weighted by Crippen LogP contribution is 2.22. The number of nitrogens with one attached hydrogen (secondary N) is 1. The molecule has 1 rings (SSSR count). The third-order valence-electron chi connectivity index (χ3n) is 2.45. The molecule has 0 radical (unpaired) electrons. The predicted molar refractivity (Wildman–Crippen MR) is 68.4 cm³/mol. The molecule has 0 aliphatic heterocycles. The van der Waals surface area contributed by atoms with Crippen molar-refractivity contribution in [1.82, 2.24) is 5.32 Å². The molecule has 0 bridgehead atoms. The van der Waals surface area contributed by atoms with Gasteiger partial charge in [0.15, 0.2) is 0 Å². The van der Waals surface area contributed by atoms with Crippen LogP contribution < -0.4 is 11.1 Å². The van der Waals surface area contributed by atoms with Crippen LogP contribution in [0.15, 0.2) is 29.2 Å². The number of hydrogen-bond donors (Lipinski definition) is 2. The van der Waals surface area contributed by atoms with E-state index in [4.69, 9.17) is 5.73 Å². The van der Waals surface area contributed by atoms with Gasteiger partial charge < -0.3 is 11.1 Å². The molecule has 0 saturated carbocycles. The van der Waals surface area contributed by atoms with Crippen LogP contribution in [-0.4, -0.2) is 23.7 Å². The van der Waals surface area contributed by atoms with Crippen LogP contribution in [0, 0.1) is 5.82 Å². The first-order chi connectivity index (χ1) is 7.98. The van der Waals surface area contributed by atoms with Crippen molar-refractivity contribution < 1.29 is 9.18 Å². The Labute approximate surface area is 105 Å². The maximum absolute atomic E-state index is 12.7. The average Bonchev–Trinajstić information content (AvgIpc) is 2.28. The lowest BCUT2D eigenvalue weighted by molar-refractivity contribution is -0.122. The summed E-state index contributed by atoms with van der Waals surface area (Å²) in [5.41, 5.74) is 4.63. The second-order valence-corrected chi connectivity index (χ2v) is 5.02. The maximum Gasteiger partial charge on any atom is 0.238 e. The fourth-order valence-corrected chi connectivity index (χ4v) is 2.39. The van der Waals surface area contributed by atoms with E-state index in [2.05, 4.69) is 5.32 Å². The first-order valence-corrected chi connectivity index (χ1v) is 6.40. The van der Waals surface area contributed by atoms with Gasteiger partial charge in [0.1, 0.15) is 11.4 Å². The van der Waals surface area contributed by atoms with Crippen molar-refractivity contribution >= 4 is 17.7 Å². The highest BCUT2D eigenvalue weighted by Gasteiger charge is 2.29. The molecule has 1 aromatic rings. The topological polar surface area (TPSA) is 55.1 Å². The molecule has 3 nitrogen and oxygen atoms in total. The summed E-state index contributed by atoms with van der Waals surface area (Å²) in [5, 5.41) is 3.07. The van der Waals surface area contributed by atoms with E-state index in [-0.39, 0.29) is 11.7 Å². The van der Waals surface area contributed by atoms with Gasteiger partial charge in [-0.3, -0.25) is 4.79 Å². The Morgan fingerprint density at radius 3 is 2.53 bits per heavy atom. The second kappa shape index (κ2) is 6.02. The zero-order chi connectivity index (χ0) is 12.9. The molecular weight excluding hydrogens is 239 g/mol. The number of hydrogen-bond acceptors (Lipinski definition) is 3. The molecule has 3 N–H and O–H groups in total. The molecule has 1 atom stereocenters. The smallest absolute Gasteiger partial charge is 0.238 e. The molecule has 0 aliphatic rings. The summed E-state index contributed by atoms with van der Waals surface area (Å²) in [6.07, 6.45) is 0. The van der Waals surface area contributed by atoms with Crippen LogP contribution in [0.5, 0.6) is 0 Å². The van der Waals surface area contributed by atoms with Crippen molar-refractivity contribution in [1.29, 1.82) is 0 Å². The van der Waals surface area contributed by atoms with Gasteiger partial charge in [0.25, 0.3) is 0 Å². The van der Waals surface area contributed by atoms with E-state index in [1.54, 1.807) is 19.1 Å². The molecule has 1 aromatic carbocycles. The van der Waals surface area contributed by atoms with E-state index in [1.807, 2.05) is 6.92 Å². The van der Waals surface area contributed by atoms with E-state index in [0.29, 0.717) is 12.3 Å². The standard InChI is InChI=1S/C12H17FN2OS/c1-3-15-12(2,11(14)16)8-17-10-6-4-9(13)5-7-10/h4-7,15H,3,8H2,1-2H3,(H2,14,16). The van der Waals surface area contributed by atoms with Gasteiger partial charge in [-0.25, -0.2) is 4.39 Å². The van der Waals surface area contributed by atoms with E-state index in [0.717, 1.165) is 4.90 Å². The van der Waals surface area contributed by atoms with Gasteiger partial charge in [0, 0.05) is 10.6 Å². The van der Waals surface area contributed by atoms with Crippen LogP contribution in [0.2, 0.25) is 0 Å². The average molecular weight is 256 g/mol. The van der Waals surface area contributed by atoms with E-state index >= 15 is 0 Å². The second-order valence-electron chi connectivity index (χ2n) is 3.97. The molecule has 1 unspecified atom stereocenters. The number of carbonyl (C=O) groups excluding carboxylic acids is 1. The highest BCUT2D eigenvalue weighted by molar-refractivity contribution is 7.99. The van der Waals surface area contributed by atoms with E-state index in [1.165, 1.54) is 23.9 Å². The lowest BCUT2D eigenvalue weighted by Gasteiger charge is -2.26. The molecule has 94 valence electrons. The summed E-state index contributed by atoms with van der Waals surface area (Å²) in [5.74, 6) is -0.130. The van der Waals surface area contributed by atoms with Crippen molar-refractivity contribution in [3.8, 4) is 0 Å². The minimum absolute atomic E-state index is 0.265. The Morgan fingerprint density at radius 2 is 2.06 bits per heavy atom. The highest BCUT2D eigenvalue weighted by atomic mass is 32.2. The Balaban J connectivity index is 2.64. The number of carbonyl (C=O) groups is 1. The van der Waals surface area contributed by atoms with Gasteiger partial charge in [-0.15, -0.1) is 11.8 Å². The SMILES string of the molecule is CCNC(C)(CSc1ccc(F)cc1)C(N)=O. The van der Waals surface area contributed by atoms with E-state index < -0.39 is 5.54 Å². The lowest BCUT2D eigenvalue weighted by atomic mass is 10.1. The first-order valence-electron chi connectivity index (χ1n) is 5.41. The summed E-state index contributed by atoms with van der Waals surface area (Å²) in [6.45, 7) is 4.36. The van der Waals surface area contributed by atoms with Crippen molar-refractivity contribution in [3.05, 3.63) is 30.1 Å². The molecule has 17 heavy (non-hydrogen) atoms. The Hall–Kier alpha value is -1.07. The summed E-state index contributed by atoms with van der Waals surface area (Å²) < 4.78 is 12.7. The molecule has 0 fully saturated rings. The van der Waals surface area contributed by atoms with E-state index in [9.17, 15) is 9.18 Å². The van der Waals surface area contributed by atoms with Crippen LogP contribution in [0.25, 0.3) is 0 Å². The van der Waals surface area contributed by atoms with Crippen LogP contribution in [0.4, 0.5) is 4.39 Å². The third-order valence-corrected chi connectivity index (χ3v) is 3.78. The quantitative estimate of drug-likeness (QED) is 0.763.